The molecule has 0 spiro atoms. The molecule has 0 heterocycles. The van der Waals surface area contributed by atoms with Gasteiger partial charge in [-0.2, -0.15) is 13.2 Å². The van der Waals surface area contributed by atoms with E-state index in [2.05, 4.69) is 0 Å². The fourth-order valence-electron chi connectivity index (χ4n) is 1.49. The highest BCUT2D eigenvalue weighted by atomic mass is 19.4. The van der Waals surface area contributed by atoms with Gasteiger partial charge in [0.15, 0.2) is 0 Å². The van der Waals surface area contributed by atoms with Gasteiger partial charge in [-0.1, -0.05) is 6.92 Å². The molecule has 14 heavy (non-hydrogen) atoms. The molecule has 1 aliphatic carbocycles. The Morgan fingerprint density at radius 2 is 2.00 bits per heavy atom. The Labute approximate surface area is 82.2 Å². The highest BCUT2D eigenvalue weighted by Gasteiger charge is 2.38. The van der Waals surface area contributed by atoms with Crippen LogP contribution in [-0.4, -0.2) is 36.8 Å². The van der Waals surface area contributed by atoms with Crippen LogP contribution in [0.4, 0.5) is 13.2 Å². The fraction of sp³-hybridized carbons (Fsp3) is 1.00. The Morgan fingerprint density at radius 3 is 2.36 bits per heavy atom. The van der Waals surface area contributed by atoms with Crippen molar-refractivity contribution < 1.29 is 13.2 Å². The lowest BCUT2D eigenvalue weighted by atomic mass is 10.1. The summed E-state index contributed by atoms with van der Waals surface area (Å²) in [7, 11) is 0. The van der Waals surface area contributed by atoms with Gasteiger partial charge in [0.1, 0.15) is 0 Å². The Balaban J connectivity index is 2.39. The van der Waals surface area contributed by atoms with Crippen LogP contribution in [0, 0.1) is 5.92 Å². The van der Waals surface area contributed by atoms with Crippen molar-refractivity contribution in [3.05, 3.63) is 0 Å². The lowest BCUT2D eigenvalue weighted by molar-refractivity contribution is -0.148. The second kappa shape index (κ2) is 4.49. The molecule has 1 saturated carbocycles. The number of nitrogens with zero attached hydrogens (tertiary/aromatic N) is 1. The predicted octanol–water partition coefficient (Wildman–Crippen LogP) is 1.61. The van der Waals surface area contributed by atoms with Crippen molar-refractivity contribution >= 4 is 0 Å². The molecule has 1 rings (SSSR count). The molecule has 84 valence electrons. The molecule has 0 bridgehead atoms. The van der Waals surface area contributed by atoms with E-state index in [1.807, 2.05) is 6.92 Å². The molecule has 1 aliphatic rings. The quantitative estimate of drug-likeness (QED) is 0.747. The third kappa shape index (κ3) is 4.28. The van der Waals surface area contributed by atoms with Crippen molar-refractivity contribution in [1.82, 2.24) is 4.90 Å². The number of hydrogen-bond acceptors (Lipinski definition) is 2. The summed E-state index contributed by atoms with van der Waals surface area (Å²) in [6.07, 6.45) is -2.29. The summed E-state index contributed by atoms with van der Waals surface area (Å²) in [5.41, 5.74) is 5.40. The predicted molar refractivity (Wildman–Crippen MR) is 48.9 cm³/mol. The molecular formula is C9H17F3N2. The molecular weight excluding hydrogens is 193 g/mol. The zero-order chi connectivity index (χ0) is 10.8. The summed E-state index contributed by atoms with van der Waals surface area (Å²) in [5, 5.41) is 0. The number of rotatable bonds is 5. The average Bonchev–Trinajstić information content (AvgIpc) is 2.82. The molecule has 0 aliphatic heterocycles. The zero-order valence-corrected chi connectivity index (χ0v) is 8.35. The maximum absolute atomic E-state index is 12.2. The summed E-state index contributed by atoms with van der Waals surface area (Å²) in [6.45, 7) is 2.00. The van der Waals surface area contributed by atoms with Crippen molar-refractivity contribution in [3.8, 4) is 0 Å². The second-order valence-electron chi connectivity index (χ2n) is 4.12. The molecule has 2 nitrogen and oxygen atoms in total. The third-order valence-electron chi connectivity index (χ3n) is 2.39. The van der Waals surface area contributed by atoms with Crippen LogP contribution in [-0.2, 0) is 0 Å². The van der Waals surface area contributed by atoms with Gasteiger partial charge in [-0.25, -0.2) is 0 Å². The molecule has 0 saturated heterocycles. The van der Waals surface area contributed by atoms with Crippen LogP contribution in [0.2, 0.25) is 0 Å². The summed E-state index contributed by atoms with van der Waals surface area (Å²) < 4.78 is 36.5. The van der Waals surface area contributed by atoms with Crippen LogP contribution in [0.5, 0.6) is 0 Å². The monoisotopic (exact) mass is 210 g/mol. The van der Waals surface area contributed by atoms with Crippen molar-refractivity contribution in [1.29, 1.82) is 0 Å². The summed E-state index contributed by atoms with van der Waals surface area (Å²) >= 11 is 0. The molecule has 1 unspecified atom stereocenters. The van der Waals surface area contributed by atoms with Crippen LogP contribution >= 0.6 is 0 Å². The van der Waals surface area contributed by atoms with E-state index >= 15 is 0 Å². The van der Waals surface area contributed by atoms with Crippen molar-refractivity contribution in [2.45, 2.75) is 32.0 Å². The van der Waals surface area contributed by atoms with Crippen LogP contribution in [0.3, 0.4) is 0 Å². The highest BCUT2D eigenvalue weighted by molar-refractivity contribution is 4.86. The smallest absolute Gasteiger partial charge is 0.330 e. The first-order valence-corrected chi connectivity index (χ1v) is 4.93. The van der Waals surface area contributed by atoms with Gasteiger partial charge in [-0.15, -0.1) is 0 Å². The van der Waals surface area contributed by atoms with Crippen LogP contribution in [0.1, 0.15) is 19.8 Å². The molecule has 0 amide bonds. The molecule has 0 aromatic rings. The van der Waals surface area contributed by atoms with Crippen LogP contribution in [0.15, 0.2) is 0 Å². The van der Waals surface area contributed by atoms with Crippen molar-refractivity contribution in [2.24, 2.45) is 11.7 Å². The van der Waals surface area contributed by atoms with E-state index in [1.165, 1.54) is 4.90 Å². The second-order valence-corrected chi connectivity index (χ2v) is 4.12. The maximum atomic E-state index is 12.2. The molecule has 1 fully saturated rings. The largest absolute Gasteiger partial charge is 0.401 e. The van der Waals surface area contributed by atoms with Crippen molar-refractivity contribution in [2.75, 3.05) is 19.6 Å². The van der Waals surface area contributed by atoms with Gasteiger partial charge in [-0.3, -0.25) is 4.90 Å². The normalized spacial score (nSPS) is 20.1. The van der Waals surface area contributed by atoms with Gasteiger partial charge in [0.2, 0.25) is 0 Å². The summed E-state index contributed by atoms with van der Waals surface area (Å²) in [6, 6.07) is 0.144. The Bertz CT molecular complexity index is 177. The Kier molecular flexibility index (Phi) is 3.78. The van der Waals surface area contributed by atoms with Crippen LogP contribution < -0.4 is 5.73 Å². The van der Waals surface area contributed by atoms with E-state index in [9.17, 15) is 13.2 Å². The molecule has 0 aromatic carbocycles. The van der Waals surface area contributed by atoms with Gasteiger partial charge in [0, 0.05) is 12.6 Å². The highest BCUT2D eigenvalue weighted by Crippen LogP contribution is 2.30. The fourth-order valence-corrected chi connectivity index (χ4v) is 1.49. The summed E-state index contributed by atoms with van der Waals surface area (Å²) in [4.78, 5) is 1.51. The molecule has 5 heteroatoms. The van der Waals surface area contributed by atoms with E-state index in [0.717, 1.165) is 12.8 Å². The Morgan fingerprint density at radius 1 is 1.43 bits per heavy atom. The number of alkyl halides is 3. The summed E-state index contributed by atoms with van der Waals surface area (Å²) in [5.74, 6) is 0.137. The molecule has 2 N–H and O–H groups in total. The molecule has 0 aromatic heterocycles. The van der Waals surface area contributed by atoms with Crippen molar-refractivity contribution in [3.63, 3.8) is 0 Å². The SMILES string of the molecule is CC(CN)CN(CC(F)(F)F)C1CC1. The first-order chi connectivity index (χ1) is 6.42. The van der Waals surface area contributed by atoms with Gasteiger partial charge >= 0.3 is 6.18 Å². The standard InChI is InChI=1S/C9H17F3N2/c1-7(4-13)5-14(8-2-3-8)6-9(10,11)12/h7-8H,2-6,13H2,1H3. The average molecular weight is 210 g/mol. The lowest BCUT2D eigenvalue weighted by Crippen LogP contribution is -2.40. The molecule has 1 atom stereocenters. The number of hydrogen-bond donors (Lipinski definition) is 1. The first kappa shape index (κ1) is 11.8. The van der Waals surface area contributed by atoms with E-state index in [0.29, 0.717) is 13.1 Å². The topological polar surface area (TPSA) is 29.3 Å². The Hall–Kier alpha value is -0.290. The molecule has 0 radical (unpaired) electrons. The van der Waals surface area contributed by atoms with E-state index in [4.69, 9.17) is 5.73 Å². The van der Waals surface area contributed by atoms with E-state index in [-0.39, 0.29) is 12.0 Å². The van der Waals surface area contributed by atoms with Gasteiger partial charge < -0.3 is 5.73 Å². The van der Waals surface area contributed by atoms with E-state index in [1.54, 1.807) is 0 Å². The minimum absolute atomic E-state index is 0.137. The van der Waals surface area contributed by atoms with E-state index < -0.39 is 12.7 Å². The lowest BCUT2D eigenvalue weighted by Gasteiger charge is -2.25. The minimum atomic E-state index is -4.09. The van der Waals surface area contributed by atoms with Crippen LogP contribution in [0.25, 0.3) is 0 Å². The van der Waals surface area contributed by atoms with Gasteiger partial charge in [-0.05, 0) is 25.3 Å². The number of halogens is 3. The minimum Gasteiger partial charge on any atom is -0.330 e. The maximum Gasteiger partial charge on any atom is 0.401 e. The zero-order valence-electron chi connectivity index (χ0n) is 8.35. The third-order valence-corrected chi connectivity index (χ3v) is 2.39. The first-order valence-electron chi connectivity index (χ1n) is 4.93. The van der Waals surface area contributed by atoms with Gasteiger partial charge in [0.05, 0.1) is 6.54 Å². The number of nitrogens with two attached hydrogens (primary N) is 1. The van der Waals surface area contributed by atoms with Gasteiger partial charge in [0.25, 0.3) is 0 Å².